The van der Waals surface area contributed by atoms with E-state index in [4.69, 9.17) is 16.3 Å². The molecule has 0 amide bonds. The molecule has 1 saturated carbocycles. The molecule has 1 aliphatic carbocycles. The molecule has 0 radical (unpaired) electrons. The van der Waals surface area contributed by atoms with Gasteiger partial charge in [0.2, 0.25) is 0 Å². The van der Waals surface area contributed by atoms with Crippen LogP contribution in [0.2, 0.25) is 5.15 Å². The molecule has 4 nitrogen and oxygen atoms in total. The summed E-state index contributed by atoms with van der Waals surface area (Å²) in [6.45, 7) is 0. The first-order chi connectivity index (χ1) is 7.72. The molecule has 1 heterocycles. The van der Waals surface area contributed by atoms with Crippen LogP contribution in [0.1, 0.15) is 19.3 Å². The topological polar surface area (TPSA) is 47.0 Å². The SMILES string of the molecule is COC1CCCC1Nc1ncnc(Cl)c1Br. The number of anilines is 1. The van der Waals surface area contributed by atoms with Gasteiger partial charge in [-0.2, -0.15) is 0 Å². The average molecular weight is 307 g/mol. The van der Waals surface area contributed by atoms with Crippen LogP contribution >= 0.6 is 27.5 Å². The zero-order valence-corrected chi connectivity index (χ0v) is 11.3. The molecule has 2 rings (SSSR count). The Bertz CT molecular complexity index is 377. The smallest absolute Gasteiger partial charge is 0.148 e. The summed E-state index contributed by atoms with van der Waals surface area (Å²) in [7, 11) is 1.74. The minimum Gasteiger partial charge on any atom is -0.379 e. The Morgan fingerprint density at radius 2 is 2.31 bits per heavy atom. The molecule has 0 aliphatic heterocycles. The molecule has 0 bridgehead atoms. The van der Waals surface area contributed by atoms with Gasteiger partial charge in [0.05, 0.1) is 16.6 Å². The highest BCUT2D eigenvalue weighted by Gasteiger charge is 2.27. The Balaban J connectivity index is 2.11. The summed E-state index contributed by atoms with van der Waals surface area (Å²) in [5.74, 6) is 0.731. The highest BCUT2D eigenvalue weighted by atomic mass is 79.9. The van der Waals surface area contributed by atoms with E-state index in [0.717, 1.165) is 18.7 Å². The molecule has 1 N–H and O–H groups in total. The molecule has 2 atom stereocenters. The normalized spacial score (nSPS) is 24.7. The van der Waals surface area contributed by atoms with Gasteiger partial charge in [-0.3, -0.25) is 0 Å². The van der Waals surface area contributed by atoms with Crippen molar-refractivity contribution in [2.75, 3.05) is 12.4 Å². The Morgan fingerprint density at radius 3 is 3.06 bits per heavy atom. The van der Waals surface area contributed by atoms with Crippen molar-refractivity contribution < 1.29 is 4.74 Å². The van der Waals surface area contributed by atoms with Crippen molar-refractivity contribution in [3.8, 4) is 0 Å². The number of rotatable bonds is 3. The van der Waals surface area contributed by atoms with E-state index in [1.165, 1.54) is 12.7 Å². The van der Waals surface area contributed by atoms with Crippen molar-refractivity contribution >= 4 is 33.3 Å². The molecule has 1 fully saturated rings. The third kappa shape index (κ3) is 2.47. The lowest BCUT2D eigenvalue weighted by molar-refractivity contribution is 0.101. The van der Waals surface area contributed by atoms with E-state index >= 15 is 0 Å². The number of ether oxygens (including phenoxy) is 1. The van der Waals surface area contributed by atoms with Gasteiger partial charge >= 0.3 is 0 Å². The summed E-state index contributed by atoms with van der Waals surface area (Å²) >= 11 is 9.27. The van der Waals surface area contributed by atoms with Gasteiger partial charge in [0.25, 0.3) is 0 Å². The highest BCUT2D eigenvalue weighted by molar-refractivity contribution is 9.10. The number of nitrogens with zero attached hydrogens (tertiary/aromatic N) is 2. The highest BCUT2D eigenvalue weighted by Crippen LogP contribution is 2.30. The van der Waals surface area contributed by atoms with Crippen LogP contribution in [0, 0.1) is 0 Å². The molecule has 2 unspecified atom stereocenters. The standard InChI is InChI=1S/C10H13BrClN3O/c1-16-7-4-2-3-6(7)15-10-8(11)9(12)13-5-14-10/h5-7H,2-4H2,1H3,(H,13,14,15). The zero-order valence-electron chi connectivity index (χ0n) is 8.91. The van der Waals surface area contributed by atoms with Crippen LogP contribution in [-0.4, -0.2) is 29.2 Å². The van der Waals surface area contributed by atoms with Crippen molar-refractivity contribution in [2.24, 2.45) is 0 Å². The first-order valence-corrected chi connectivity index (χ1v) is 6.34. The van der Waals surface area contributed by atoms with Crippen LogP contribution in [0.4, 0.5) is 5.82 Å². The largest absolute Gasteiger partial charge is 0.379 e. The second-order valence-electron chi connectivity index (χ2n) is 3.78. The van der Waals surface area contributed by atoms with Crippen molar-refractivity contribution in [3.63, 3.8) is 0 Å². The summed E-state index contributed by atoms with van der Waals surface area (Å²) in [5, 5.41) is 3.76. The number of nitrogens with one attached hydrogen (secondary N) is 1. The lowest BCUT2D eigenvalue weighted by atomic mass is 10.2. The second kappa shape index (κ2) is 5.29. The van der Waals surface area contributed by atoms with Crippen molar-refractivity contribution in [2.45, 2.75) is 31.4 Å². The Labute approximate surface area is 108 Å². The van der Waals surface area contributed by atoms with E-state index in [1.54, 1.807) is 7.11 Å². The quantitative estimate of drug-likeness (QED) is 0.872. The maximum atomic E-state index is 5.90. The molecule has 88 valence electrons. The number of hydrogen-bond acceptors (Lipinski definition) is 4. The van der Waals surface area contributed by atoms with Crippen LogP contribution in [0.15, 0.2) is 10.8 Å². The Kier molecular flexibility index (Phi) is 4.00. The van der Waals surface area contributed by atoms with Crippen LogP contribution in [0.3, 0.4) is 0 Å². The summed E-state index contributed by atoms with van der Waals surface area (Å²) in [4.78, 5) is 8.05. The summed E-state index contributed by atoms with van der Waals surface area (Å²) < 4.78 is 6.12. The van der Waals surface area contributed by atoms with Crippen LogP contribution in [0.5, 0.6) is 0 Å². The Morgan fingerprint density at radius 1 is 1.50 bits per heavy atom. The summed E-state index contributed by atoms with van der Waals surface area (Å²) in [5.41, 5.74) is 0. The molecule has 0 saturated heterocycles. The van der Waals surface area contributed by atoms with Gasteiger partial charge in [-0.25, -0.2) is 9.97 Å². The minimum atomic E-state index is 0.251. The molecular weight excluding hydrogens is 293 g/mol. The predicted molar refractivity (Wildman–Crippen MR) is 66.8 cm³/mol. The Hall–Kier alpha value is -0.390. The lowest BCUT2D eigenvalue weighted by Gasteiger charge is -2.20. The number of methoxy groups -OCH3 is 1. The van der Waals surface area contributed by atoms with Gasteiger partial charge in [-0.15, -0.1) is 0 Å². The average Bonchev–Trinajstić information content (AvgIpc) is 2.72. The fourth-order valence-corrected chi connectivity index (χ4v) is 2.45. The lowest BCUT2D eigenvalue weighted by Crippen LogP contribution is -2.30. The van der Waals surface area contributed by atoms with E-state index in [9.17, 15) is 0 Å². The van der Waals surface area contributed by atoms with Gasteiger partial charge < -0.3 is 10.1 Å². The number of aromatic nitrogens is 2. The molecule has 16 heavy (non-hydrogen) atoms. The maximum Gasteiger partial charge on any atom is 0.148 e. The first-order valence-electron chi connectivity index (χ1n) is 5.17. The van der Waals surface area contributed by atoms with Gasteiger partial charge in [0.15, 0.2) is 0 Å². The van der Waals surface area contributed by atoms with Crippen molar-refractivity contribution in [3.05, 3.63) is 16.0 Å². The molecule has 0 aromatic carbocycles. The fourth-order valence-electron chi connectivity index (χ4n) is 2.00. The molecule has 0 spiro atoms. The minimum absolute atomic E-state index is 0.251. The van der Waals surface area contributed by atoms with Crippen molar-refractivity contribution in [1.29, 1.82) is 0 Å². The molecule has 1 aromatic rings. The molecule has 1 aromatic heterocycles. The predicted octanol–water partition coefficient (Wildman–Crippen LogP) is 2.87. The molecular formula is C10H13BrClN3O. The maximum absolute atomic E-state index is 5.90. The first kappa shape index (κ1) is 12.1. The van der Waals surface area contributed by atoms with E-state index < -0.39 is 0 Å². The number of halogens is 2. The van der Waals surface area contributed by atoms with Gasteiger partial charge in [-0.1, -0.05) is 11.6 Å². The van der Waals surface area contributed by atoms with Gasteiger partial charge in [0.1, 0.15) is 17.3 Å². The van der Waals surface area contributed by atoms with Gasteiger partial charge in [0, 0.05) is 7.11 Å². The van der Waals surface area contributed by atoms with Crippen LogP contribution in [0.25, 0.3) is 0 Å². The van der Waals surface area contributed by atoms with E-state index in [-0.39, 0.29) is 6.10 Å². The van der Waals surface area contributed by atoms with Crippen molar-refractivity contribution in [1.82, 2.24) is 9.97 Å². The van der Waals surface area contributed by atoms with Crippen LogP contribution < -0.4 is 5.32 Å². The second-order valence-corrected chi connectivity index (χ2v) is 4.93. The molecule has 6 heteroatoms. The van der Waals surface area contributed by atoms with Gasteiger partial charge in [-0.05, 0) is 35.2 Å². The fraction of sp³-hybridized carbons (Fsp3) is 0.600. The third-order valence-electron chi connectivity index (χ3n) is 2.82. The number of hydrogen-bond donors (Lipinski definition) is 1. The monoisotopic (exact) mass is 305 g/mol. The van der Waals surface area contributed by atoms with E-state index in [2.05, 4.69) is 31.2 Å². The molecule has 1 aliphatic rings. The zero-order chi connectivity index (χ0) is 11.5. The summed E-state index contributed by atoms with van der Waals surface area (Å²) in [6, 6.07) is 0.298. The van der Waals surface area contributed by atoms with E-state index in [0.29, 0.717) is 15.7 Å². The third-order valence-corrected chi connectivity index (χ3v) is 4.09. The van der Waals surface area contributed by atoms with Crippen LogP contribution in [-0.2, 0) is 4.74 Å². The summed E-state index contributed by atoms with van der Waals surface area (Å²) in [6.07, 6.45) is 5.05. The van der Waals surface area contributed by atoms with E-state index in [1.807, 2.05) is 0 Å².